The summed E-state index contributed by atoms with van der Waals surface area (Å²) in [6, 6.07) is 17.1. The number of benzene rings is 3. The van der Waals surface area contributed by atoms with Gasteiger partial charge in [0.05, 0.1) is 29.0 Å². The smallest absolute Gasteiger partial charge is 0.338 e. The van der Waals surface area contributed by atoms with Crippen LogP contribution in [0.5, 0.6) is 0 Å². The first-order chi connectivity index (χ1) is 15.9. The fourth-order valence-electron chi connectivity index (χ4n) is 3.44. The minimum Gasteiger partial charge on any atom is -0.462 e. The second kappa shape index (κ2) is 8.96. The summed E-state index contributed by atoms with van der Waals surface area (Å²) in [7, 11) is 0. The molecule has 3 N–H and O–H groups in total. The Hall–Kier alpha value is -4.46. The van der Waals surface area contributed by atoms with Gasteiger partial charge in [0, 0.05) is 16.9 Å². The zero-order chi connectivity index (χ0) is 23.5. The normalized spacial score (nSPS) is 12.5. The van der Waals surface area contributed by atoms with Crippen LogP contribution in [0.15, 0.2) is 66.7 Å². The Balaban J connectivity index is 1.57. The van der Waals surface area contributed by atoms with Crippen molar-refractivity contribution in [1.29, 1.82) is 0 Å². The van der Waals surface area contributed by atoms with Crippen molar-refractivity contribution in [2.24, 2.45) is 0 Å². The molecule has 0 aromatic heterocycles. The van der Waals surface area contributed by atoms with Crippen LogP contribution in [0.4, 0.5) is 17.1 Å². The molecule has 0 atom stereocenters. The number of rotatable bonds is 6. The number of carbonyl (C=O) groups is 4. The number of nitrogens with zero attached hydrogens (tertiary/aromatic N) is 1. The van der Waals surface area contributed by atoms with Crippen molar-refractivity contribution in [3.63, 3.8) is 0 Å². The highest BCUT2D eigenvalue weighted by Gasteiger charge is 2.37. The predicted molar refractivity (Wildman–Crippen MR) is 123 cm³/mol. The van der Waals surface area contributed by atoms with Gasteiger partial charge in [-0.25, -0.2) is 9.69 Å². The maximum atomic E-state index is 13.1. The molecule has 0 saturated heterocycles. The first kappa shape index (κ1) is 21.8. The zero-order valence-corrected chi connectivity index (χ0v) is 17.8. The molecule has 0 unspecified atom stereocenters. The van der Waals surface area contributed by atoms with Crippen LogP contribution < -0.4 is 16.0 Å². The Morgan fingerprint density at radius 1 is 0.909 bits per heavy atom. The van der Waals surface area contributed by atoms with E-state index in [0.717, 1.165) is 4.90 Å². The minimum atomic E-state index is -0.544. The van der Waals surface area contributed by atoms with Crippen molar-refractivity contribution in [2.45, 2.75) is 13.3 Å². The van der Waals surface area contributed by atoms with Gasteiger partial charge >= 0.3 is 5.97 Å². The lowest BCUT2D eigenvalue weighted by Gasteiger charge is -2.14. The quantitative estimate of drug-likeness (QED) is 0.339. The standard InChI is InChI=1S/C25H21N3O5/c1-2-12-33-25(32)16-4-3-5-19(13-16)28-23(30)20-11-10-18(14-21(20)24(28)31)27-22(29)15-6-8-17(26)9-7-15/h3-11,13-14H,2,12,26H2,1H3,(H,27,29). The van der Waals surface area contributed by atoms with Crippen molar-refractivity contribution in [3.05, 3.63) is 89.0 Å². The van der Waals surface area contributed by atoms with Crippen LogP contribution in [0.1, 0.15) is 54.8 Å². The highest BCUT2D eigenvalue weighted by atomic mass is 16.5. The fraction of sp³-hybridized carbons (Fsp3) is 0.120. The molecule has 166 valence electrons. The van der Waals surface area contributed by atoms with Gasteiger partial charge in [-0.2, -0.15) is 0 Å². The number of hydrogen-bond donors (Lipinski definition) is 2. The topological polar surface area (TPSA) is 119 Å². The number of anilines is 3. The van der Waals surface area contributed by atoms with Gasteiger partial charge in [0.25, 0.3) is 17.7 Å². The Morgan fingerprint density at radius 3 is 2.36 bits per heavy atom. The molecule has 3 aromatic carbocycles. The number of carbonyl (C=O) groups excluding carboxylic acids is 4. The molecule has 4 rings (SSSR count). The van der Waals surface area contributed by atoms with E-state index in [1.54, 1.807) is 48.5 Å². The first-order valence-corrected chi connectivity index (χ1v) is 10.4. The van der Waals surface area contributed by atoms with Gasteiger partial charge < -0.3 is 15.8 Å². The van der Waals surface area contributed by atoms with E-state index < -0.39 is 17.8 Å². The molecular formula is C25H21N3O5. The molecule has 0 saturated carbocycles. The van der Waals surface area contributed by atoms with Gasteiger partial charge in [-0.15, -0.1) is 0 Å². The van der Waals surface area contributed by atoms with Crippen LogP contribution in [0.25, 0.3) is 0 Å². The van der Waals surface area contributed by atoms with Crippen LogP contribution in [-0.4, -0.2) is 30.3 Å². The minimum absolute atomic E-state index is 0.161. The number of imide groups is 1. The molecule has 1 heterocycles. The van der Waals surface area contributed by atoms with Crippen molar-refractivity contribution in [3.8, 4) is 0 Å². The molecule has 3 amide bonds. The number of ether oxygens (including phenoxy) is 1. The van der Waals surface area contributed by atoms with Crippen molar-refractivity contribution in [2.75, 3.05) is 22.6 Å². The summed E-state index contributed by atoms with van der Waals surface area (Å²) >= 11 is 0. The van der Waals surface area contributed by atoms with Gasteiger partial charge in [0.15, 0.2) is 0 Å². The van der Waals surface area contributed by atoms with Gasteiger partial charge in [0.2, 0.25) is 0 Å². The molecule has 1 aliphatic heterocycles. The molecular weight excluding hydrogens is 422 g/mol. The van der Waals surface area contributed by atoms with Crippen molar-refractivity contribution in [1.82, 2.24) is 0 Å². The van der Waals surface area contributed by atoms with Crippen LogP contribution in [0.3, 0.4) is 0 Å². The Bertz CT molecular complexity index is 1270. The zero-order valence-electron chi connectivity index (χ0n) is 17.8. The number of amides is 3. The van der Waals surface area contributed by atoms with Crippen LogP contribution >= 0.6 is 0 Å². The number of nitrogen functional groups attached to an aromatic ring is 1. The molecule has 0 aliphatic carbocycles. The summed E-state index contributed by atoms with van der Waals surface area (Å²) in [5.41, 5.74) is 7.84. The molecule has 1 aliphatic rings. The van der Waals surface area contributed by atoms with Gasteiger partial charge in [-0.1, -0.05) is 13.0 Å². The van der Waals surface area contributed by atoms with E-state index in [9.17, 15) is 19.2 Å². The van der Waals surface area contributed by atoms with Crippen molar-refractivity contribution < 1.29 is 23.9 Å². The van der Waals surface area contributed by atoms with Gasteiger partial charge in [-0.3, -0.25) is 14.4 Å². The highest BCUT2D eigenvalue weighted by Crippen LogP contribution is 2.31. The van der Waals surface area contributed by atoms with E-state index in [-0.39, 0.29) is 34.9 Å². The third-order valence-electron chi connectivity index (χ3n) is 5.09. The second-order valence-corrected chi connectivity index (χ2v) is 7.47. The lowest BCUT2D eigenvalue weighted by Crippen LogP contribution is -2.29. The third-order valence-corrected chi connectivity index (χ3v) is 5.09. The maximum absolute atomic E-state index is 13.1. The Labute approximate surface area is 190 Å². The lowest BCUT2D eigenvalue weighted by atomic mass is 10.1. The van der Waals surface area contributed by atoms with Gasteiger partial charge in [0.1, 0.15) is 0 Å². The Morgan fingerprint density at radius 2 is 1.64 bits per heavy atom. The SMILES string of the molecule is CCCOC(=O)c1cccc(N2C(=O)c3ccc(NC(=O)c4ccc(N)cc4)cc3C2=O)c1. The Kier molecular flexibility index (Phi) is 5.91. The summed E-state index contributed by atoms with van der Waals surface area (Å²) < 4.78 is 5.13. The van der Waals surface area contributed by atoms with E-state index >= 15 is 0 Å². The molecule has 0 bridgehead atoms. The van der Waals surface area contributed by atoms with Gasteiger partial charge in [-0.05, 0) is 67.1 Å². The van der Waals surface area contributed by atoms with Crippen LogP contribution in [0.2, 0.25) is 0 Å². The van der Waals surface area contributed by atoms with E-state index in [4.69, 9.17) is 10.5 Å². The third kappa shape index (κ3) is 4.31. The summed E-state index contributed by atoms with van der Waals surface area (Å²) in [5, 5.41) is 2.72. The number of esters is 1. The maximum Gasteiger partial charge on any atom is 0.338 e. The lowest BCUT2D eigenvalue weighted by molar-refractivity contribution is 0.0504. The molecule has 0 radical (unpaired) electrons. The van der Waals surface area contributed by atoms with Crippen LogP contribution in [-0.2, 0) is 4.74 Å². The predicted octanol–water partition coefficient (Wildman–Crippen LogP) is 3.89. The number of nitrogens with two attached hydrogens (primary N) is 1. The second-order valence-electron chi connectivity index (χ2n) is 7.47. The molecule has 8 heteroatoms. The monoisotopic (exact) mass is 443 g/mol. The average molecular weight is 443 g/mol. The van der Waals surface area contributed by atoms with Crippen LogP contribution in [0, 0.1) is 0 Å². The summed E-state index contributed by atoms with van der Waals surface area (Å²) in [6.45, 7) is 2.16. The first-order valence-electron chi connectivity index (χ1n) is 10.4. The molecule has 0 fully saturated rings. The average Bonchev–Trinajstić information content (AvgIpc) is 3.07. The molecule has 33 heavy (non-hydrogen) atoms. The molecule has 3 aromatic rings. The fourth-order valence-corrected chi connectivity index (χ4v) is 3.44. The summed E-state index contributed by atoms with van der Waals surface area (Å²) in [5.74, 6) is -1.95. The number of fused-ring (bicyclic) bond motifs is 1. The van der Waals surface area contributed by atoms with E-state index in [1.165, 1.54) is 18.2 Å². The number of hydrogen-bond acceptors (Lipinski definition) is 6. The number of nitrogens with one attached hydrogen (secondary N) is 1. The van der Waals surface area contributed by atoms with E-state index in [2.05, 4.69) is 5.32 Å². The summed E-state index contributed by atoms with van der Waals surface area (Å²) in [6.07, 6.45) is 0.682. The van der Waals surface area contributed by atoms with E-state index in [1.807, 2.05) is 6.92 Å². The van der Waals surface area contributed by atoms with Crippen molar-refractivity contribution >= 4 is 40.8 Å². The largest absolute Gasteiger partial charge is 0.462 e. The summed E-state index contributed by atoms with van der Waals surface area (Å²) in [4.78, 5) is 51.7. The highest BCUT2D eigenvalue weighted by molar-refractivity contribution is 6.34. The van der Waals surface area contributed by atoms with E-state index in [0.29, 0.717) is 23.4 Å². The molecule has 0 spiro atoms. The molecule has 8 nitrogen and oxygen atoms in total.